The second-order valence-corrected chi connectivity index (χ2v) is 5.83. The fourth-order valence-electron chi connectivity index (χ4n) is 2.43. The van der Waals surface area contributed by atoms with Crippen molar-refractivity contribution in [1.82, 2.24) is 5.16 Å². The summed E-state index contributed by atoms with van der Waals surface area (Å²) in [5.74, 6) is -1.20. The number of rotatable bonds is 4. The second-order valence-electron chi connectivity index (χ2n) is 5.83. The molecule has 2 amide bonds. The maximum Gasteiger partial charge on any atom is 0.416 e. The summed E-state index contributed by atoms with van der Waals surface area (Å²) in [5.41, 5.74) is -0.810. The number of aryl methyl sites for hydroxylation is 1. The SMILES string of the molecule is Cc1cc(NC(=O)C2CC2C(=O)Nc2cccc(C(F)(F)F)c2)no1. The normalized spacial score (nSPS) is 19.4. The minimum absolute atomic E-state index is 0.0398. The smallest absolute Gasteiger partial charge is 0.360 e. The molecule has 2 atom stereocenters. The molecular weight excluding hydrogens is 339 g/mol. The summed E-state index contributed by atoms with van der Waals surface area (Å²) in [6.07, 6.45) is -4.16. The summed E-state index contributed by atoms with van der Waals surface area (Å²) >= 11 is 0. The van der Waals surface area contributed by atoms with Crippen LogP contribution in [-0.4, -0.2) is 17.0 Å². The first kappa shape index (κ1) is 17.0. The highest BCUT2D eigenvalue weighted by Gasteiger charge is 2.48. The van der Waals surface area contributed by atoms with E-state index in [1.54, 1.807) is 6.92 Å². The van der Waals surface area contributed by atoms with E-state index in [4.69, 9.17) is 4.52 Å². The van der Waals surface area contributed by atoms with E-state index in [9.17, 15) is 22.8 Å². The molecule has 25 heavy (non-hydrogen) atoms. The molecule has 1 aliphatic rings. The molecule has 0 radical (unpaired) electrons. The van der Waals surface area contributed by atoms with Gasteiger partial charge in [-0.15, -0.1) is 0 Å². The Balaban J connectivity index is 1.57. The van der Waals surface area contributed by atoms with E-state index >= 15 is 0 Å². The third-order valence-electron chi connectivity index (χ3n) is 3.80. The number of benzene rings is 1. The zero-order valence-electron chi connectivity index (χ0n) is 13.1. The lowest BCUT2D eigenvalue weighted by Crippen LogP contribution is -2.20. The van der Waals surface area contributed by atoms with E-state index < -0.39 is 29.5 Å². The van der Waals surface area contributed by atoms with Crippen molar-refractivity contribution in [2.45, 2.75) is 19.5 Å². The van der Waals surface area contributed by atoms with E-state index in [2.05, 4.69) is 15.8 Å². The first-order chi connectivity index (χ1) is 11.7. The van der Waals surface area contributed by atoms with Gasteiger partial charge in [0.2, 0.25) is 11.8 Å². The van der Waals surface area contributed by atoms with Gasteiger partial charge in [0.05, 0.1) is 17.4 Å². The Morgan fingerprint density at radius 3 is 2.44 bits per heavy atom. The number of aromatic nitrogens is 1. The lowest BCUT2D eigenvalue weighted by molar-refractivity contribution is -0.137. The molecule has 0 bridgehead atoms. The third kappa shape index (κ3) is 3.98. The lowest BCUT2D eigenvalue weighted by Gasteiger charge is -2.09. The maximum absolute atomic E-state index is 12.7. The van der Waals surface area contributed by atoms with Gasteiger partial charge in [-0.25, -0.2) is 0 Å². The Bertz CT molecular complexity index is 816. The quantitative estimate of drug-likeness (QED) is 0.884. The highest BCUT2D eigenvalue weighted by atomic mass is 19.4. The number of anilines is 2. The highest BCUT2D eigenvalue weighted by molar-refractivity contribution is 6.03. The Morgan fingerprint density at radius 1 is 1.16 bits per heavy atom. The van der Waals surface area contributed by atoms with Gasteiger partial charge in [0.15, 0.2) is 5.82 Å². The van der Waals surface area contributed by atoms with Crippen LogP contribution in [0.3, 0.4) is 0 Å². The Kier molecular flexibility index (Phi) is 4.23. The van der Waals surface area contributed by atoms with E-state index in [1.807, 2.05) is 0 Å². The molecule has 3 rings (SSSR count). The number of carbonyl (C=O) groups excluding carboxylic acids is 2. The van der Waals surface area contributed by atoms with Crippen molar-refractivity contribution in [2.75, 3.05) is 10.6 Å². The zero-order chi connectivity index (χ0) is 18.2. The van der Waals surface area contributed by atoms with Gasteiger partial charge in [0, 0.05) is 11.8 Å². The van der Waals surface area contributed by atoms with Crippen LogP contribution in [0.1, 0.15) is 17.7 Å². The minimum atomic E-state index is -4.49. The number of halogens is 3. The second kappa shape index (κ2) is 6.23. The largest absolute Gasteiger partial charge is 0.416 e. The molecule has 1 fully saturated rings. The number of nitrogens with zero attached hydrogens (tertiary/aromatic N) is 1. The Labute approximate surface area is 140 Å². The molecule has 1 heterocycles. The van der Waals surface area contributed by atoms with Crippen LogP contribution >= 0.6 is 0 Å². The zero-order valence-corrected chi connectivity index (χ0v) is 13.1. The van der Waals surface area contributed by atoms with Gasteiger partial charge >= 0.3 is 6.18 Å². The molecule has 6 nitrogen and oxygen atoms in total. The Morgan fingerprint density at radius 2 is 1.84 bits per heavy atom. The summed E-state index contributed by atoms with van der Waals surface area (Å²) in [6.45, 7) is 1.67. The molecular formula is C16H14F3N3O3. The average molecular weight is 353 g/mol. The number of hydrogen-bond donors (Lipinski definition) is 2. The lowest BCUT2D eigenvalue weighted by atomic mass is 10.2. The molecule has 9 heteroatoms. The molecule has 2 aromatic rings. The van der Waals surface area contributed by atoms with E-state index in [1.165, 1.54) is 18.2 Å². The number of hydrogen-bond acceptors (Lipinski definition) is 4. The van der Waals surface area contributed by atoms with Crippen LogP contribution in [0.4, 0.5) is 24.7 Å². The maximum atomic E-state index is 12.7. The number of nitrogens with one attached hydrogen (secondary N) is 2. The first-order valence-corrected chi connectivity index (χ1v) is 7.46. The number of amides is 2. The summed E-state index contributed by atoms with van der Waals surface area (Å²) in [6, 6.07) is 5.89. The molecule has 1 aliphatic carbocycles. The molecule has 2 unspecified atom stereocenters. The predicted molar refractivity (Wildman–Crippen MR) is 81.5 cm³/mol. The molecule has 1 aromatic carbocycles. The van der Waals surface area contributed by atoms with Crippen LogP contribution in [0.5, 0.6) is 0 Å². The van der Waals surface area contributed by atoms with Crippen molar-refractivity contribution in [3.8, 4) is 0 Å². The van der Waals surface area contributed by atoms with Crippen molar-refractivity contribution >= 4 is 23.3 Å². The van der Waals surface area contributed by atoms with Crippen LogP contribution < -0.4 is 10.6 Å². The van der Waals surface area contributed by atoms with Crippen molar-refractivity contribution in [2.24, 2.45) is 11.8 Å². The molecule has 1 saturated carbocycles. The topological polar surface area (TPSA) is 84.2 Å². The molecule has 2 N–H and O–H groups in total. The van der Waals surface area contributed by atoms with Crippen molar-refractivity contribution in [3.05, 3.63) is 41.7 Å². The fraction of sp³-hybridized carbons (Fsp3) is 0.312. The van der Waals surface area contributed by atoms with E-state index in [0.29, 0.717) is 12.2 Å². The van der Waals surface area contributed by atoms with Gasteiger partial charge in [-0.1, -0.05) is 11.2 Å². The third-order valence-corrected chi connectivity index (χ3v) is 3.80. The van der Waals surface area contributed by atoms with Gasteiger partial charge in [-0.05, 0) is 31.5 Å². The Hall–Kier alpha value is -2.84. The molecule has 0 spiro atoms. The van der Waals surface area contributed by atoms with Gasteiger partial charge in [-0.2, -0.15) is 13.2 Å². The molecule has 1 aromatic heterocycles. The highest BCUT2D eigenvalue weighted by Crippen LogP contribution is 2.40. The number of carbonyl (C=O) groups is 2. The minimum Gasteiger partial charge on any atom is -0.360 e. The average Bonchev–Trinajstić information content (AvgIpc) is 3.24. The molecule has 132 valence electrons. The van der Waals surface area contributed by atoms with E-state index in [-0.39, 0.29) is 17.4 Å². The summed E-state index contributed by atoms with van der Waals surface area (Å²) in [5, 5.41) is 8.57. The van der Waals surface area contributed by atoms with Gasteiger partial charge in [-0.3, -0.25) is 9.59 Å². The molecule has 0 aliphatic heterocycles. The first-order valence-electron chi connectivity index (χ1n) is 7.46. The van der Waals surface area contributed by atoms with Gasteiger partial charge in [0.25, 0.3) is 0 Å². The summed E-state index contributed by atoms with van der Waals surface area (Å²) in [7, 11) is 0. The predicted octanol–water partition coefficient (Wildman–Crippen LogP) is 3.22. The standard InChI is InChI=1S/C16H14F3N3O3/c1-8-5-13(22-25-8)21-15(24)12-7-11(12)14(23)20-10-4-2-3-9(6-10)16(17,18)19/h2-6,11-12H,7H2,1H3,(H,20,23)(H,21,22,24). The van der Waals surface area contributed by atoms with Crippen LogP contribution in [-0.2, 0) is 15.8 Å². The van der Waals surface area contributed by atoms with Crippen LogP contribution in [0.2, 0.25) is 0 Å². The van der Waals surface area contributed by atoms with Crippen molar-refractivity contribution in [1.29, 1.82) is 0 Å². The van der Waals surface area contributed by atoms with Crippen LogP contribution in [0.25, 0.3) is 0 Å². The number of alkyl halides is 3. The monoisotopic (exact) mass is 353 g/mol. The van der Waals surface area contributed by atoms with E-state index in [0.717, 1.165) is 12.1 Å². The fourth-order valence-corrected chi connectivity index (χ4v) is 2.43. The van der Waals surface area contributed by atoms with Crippen molar-refractivity contribution in [3.63, 3.8) is 0 Å². The summed E-state index contributed by atoms with van der Waals surface area (Å²) < 4.78 is 42.8. The van der Waals surface area contributed by atoms with Gasteiger partial charge in [0.1, 0.15) is 5.76 Å². The van der Waals surface area contributed by atoms with Crippen molar-refractivity contribution < 1.29 is 27.3 Å². The van der Waals surface area contributed by atoms with Crippen LogP contribution in [0, 0.1) is 18.8 Å². The molecule has 0 saturated heterocycles. The van der Waals surface area contributed by atoms with Gasteiger partial charge < -0.3 is 15.2 Å². The summed E-state index contributed by atoms with van der Waals surface area (Å²) in [4.78, 5) is 24.1. The van der Waals surface area contributed by atoms with Crippen LogP contribution in [0.15, 0.2) is 34.9 Å².